The summed E-state index contributed by atoms with van der Waals surface area (Å²) in [6.45, 7) is 4.22. The summed E-state index contributed by atoms with van der Waals surface area (Å²) in [5.74, 6) is 0. The van der Waals surface area contributed by atoms with Crippen molar-refractivity contribution in [2.45, 2.75) is 6.42 Å². The summed E-state index contributed by atoms with van der Waals surface area (Å²) in [6, 6.07) is 0. The number of nitrogens with one attached hydrogen (secondary N) is 1. The average molecular weight is 185 g/mol. The molecular formula is C9H15NO3. The van der Waals surface area contributed by atoms with E-state index in [2.05, 4.69) is 16.6 Å². The molecule has 4 nitrogen and oxygen atoms in total. The van der Waals surface area contributed by atoms with Gasteiger partial charge in [-0.15, -0.1) is 0 Å². The zero-order chi connectivity index (χ0) is 10.1. The Morgan fingerprint density at radius 2 is 2.38 bits per heavy atom. The predicted molar refractivity (Wildman–Crippen MR) is 50.4 cm³/mol. The zero-order valence-corrected chi connectivity index (χ0v) is 7.75. The lowest BCUT2D eigenvalue weighted by Crippen LogP contribution is -2.24. The maximum Gasteiger partial charge on any atom is 0.406 e. The summed E-state index contributed by atoms with van der Waals surface area (Å²) < 4.78 is 4.38. The molecule has 13 heavy (non-hydrogen) atoms. The number of alkyl carbamates (subject to hydrolysis) is 1. The summed E-state index contributed by atoms with van der Waals surface area (Å²) in [4.78, 5) is 10.6. The van der Waals surface area contributed by atoms with E-state index >= 15 is 0 Å². The third-order valence-electron chi connectivity index (χ3n) is 1.36. The van der Waals surface area contributed by atoms with Crippen molar-refractivity contribution in [2.75, 3.05) is 20.3 Å². The molecule has 0 aliphatic heterocycles. The second-order valence-corrected chi connectivity index (χ2v) is 2.41. The Morgan fingerprint density at radius 3 is 2.92 bits per heavy atom. The molecule has 0 fully saturated rings. The van der Waals surface area contributed by atoms with E-state index in [1.165, 1.54) is 7.11 Å². The van der Waals surface area contributed by atoms with Crippen LogP contribution in [-0.4, -0.2) is 31.5 Å². The third-order valence-corrected chi connectivity index (χ3v) is 1.36. The van der Waals surface area contributed by atoms with Gasteiger partial charge in [0.25, 0.3) is 0 Å². The third kappa shape index (κ3) is 7.08. The number of carbonyl (C=O) groups excluding carboxylic acids is 1. The van der Waals surface area contributed by atoms with Gasteiger partial charge >= 0.3 is 6.09 Å². The van der Waals surface area contributed by atoms with Gasteiger partial charge in [-0.2, -0.15) is 0 Å². The summed E-state index contributed by atoms with van der Waals surface area (Å²) in [5, 5.41) is 11.0. The van der Waals surface area contributed by atoms with Gasteiger partial charge in [0, 0.05) is 6.54 Å². The summed E-state index contributed by atoms with van der Waals surface area (Å²) >= 11 is 0. The van der Waals surface area contributed by atoms with Crippen LogP contribution in [0.25, 0.3) is 0 Å². The minimum Gasteiger partial charge on any atom is -0.453 e. The molecule has 2 N–H and O–H groups in total. The SMILES string of the molecule is C=C(/C=C\CO)CCNC(=O)OC. The van der Waals surface area contributed by atoms with E-state index in [9.17, 15) is 4.79 Å². The molecule has 0 heterocycles. The molecule has 0 aliphatic rings. The predicted octanol–water partition coefficient (Wildman–Crippen LogP) is 0.837. The molecule has 0 spiro atoms. The molecule has 0 atom stereocenters. The van der Waals surface area contributed by atoms with Crippen molar-refractivity contribution in [1.29, 1.82) is 0 Å². The molecule has 0 aromatic carbocycles. The number of hydrogen-bond acceptors (Lipinski definition) is 3. The summed E-state index contributed by atoms with van der Waals surface area (Å²) in [7, 11) is 1.32. The number of allylic oxidation sites excluding steroid dienone is 1. The molecule has 74 valence electrons. The molecule has 0 unspecified atom stereocenters. The first kappa shape index (κ1) is 11.7. The Kier molecular flexibility index (Phi) is 6.63. The van der Waals surface area contributed by atoms with Gasteiger partial charge in [-0.25, -0.2) is 4.79 Å². The Morgan fingerprint density at radius 1 is 1.69 bits per heavy atom. The van der Waals surface area contributed by atoms with Crippen LogP contribution < -0.4 is 5.32 Å². The first-order chi connectivity index (χ1) is 6.20. The minimum atomic E-state index is -0.445. The average Bonchev–Trinajstić information content (AvgIpc) is 2.14. The fourth-order valence-corrected chi connectivity index (χ4v) is 0.700. The van der Waals surface area contributed by atoms with Crippen LogP contribution >= 0.6 is 0 Å². The molecular weight excluding hydrogens is 170 g/mol. The standard InChI is InChI=1S/C9H15NO3/c1-8(4-3-7-11)5-6-10-9(12)13-2/h3-4,11H,1,5-7H2,2H3,(H,10,12)/b4-3-. The first-order valence-corrected chi connectivity index (χ1v) is 3.97. The molecule has 0 saturated carbocycles. The van der Waals surface area contributed by atoms with Crippen molar-refractivity contribution in [3.63, 3.8) is 0 Å². The number of carbonyl (C=O) groups is 1. The van der Waals surface area contributed by atoms with E-state index in [4.69, 9.17) is 5.11 Å². The summed E-state index contributed by atoms with van der Waals surface area (Å²) in [6.07, 6.45) is 3.52. The lowest BCUT2D eigenvalue weighted by Gasteiger charge is -2.02. The van der Waals surface area contributed by atoms with Crippen LogP contribution in [-0.2, 0) is 4.74 Å². The normalized spacial score (nSPS) is 10.0. The van der Waals surface area contributed by atoms with Crippen molar-refractivity contribution in [3.8, 4) is 0 Å². The number of ether oxygens (including phenoxy) is 1. The molecule has 0 rings (SSSR count). The Balaban J connectivity index is 3.48. The van der Waals surface area contributed by atoms with Crippen LogP contribution in [0.2, 0.25) is 0 Å². The molecule has 0 aromatic heterocycles. The fourth-order valence-electron chi connectivity index (χ4n) is 0.700. The lowest BCUT2D eigenvalue weighted by atomic mass is 10.2. The second-order valence-electron chi connectivity index (χ2n) is 2.41. The largest absolute Gasteiger partial charge is 0.453 e. The van der Waals surface area contributed by atoms with Crippen LogP contribution in [0.15, 0.2) is 24.3 Å². The number of aliphatic hydroxyl groups is 1. The van der Waals surface area contributed by atoms with Gasteiger partial charge in [-0.05, 0) is 6.42 Å². The van der Waals surface area contributed by atoms with Crippen LogP contribution in [0.1, 0.15) is 6.42 Å². The number of rotatable bonds is 5. The van der Waals surface area contributed by atoms with E-state index in [0.717, 1.165) is 5.57 Å². The van der Waals surface area contributed by atoms with Crippen molar-refractivity contribution in [1.82, 2.24) is 5.32 Å². The van der Waals surface area contributed by atoms with Gasteiger partial charge < -0.3 is 15.2 Å². The first-order valence-electron chi connectivity index (χ1n) is 3.97. The van der Waals surface area contributed by atoms with Crippen molar-refractivity contribution >= 4 is 6.09 Å². The second kappa shape index (κ2) is 7.36. The smallest absolute Gasteiger partial charge is 0.406 e. The van der Waals surface area contributed by atoms with Gasteiger partial charge in [0.2, 0.25) is 0 Å². The highest BCUT2D eigenvalue weighted by molar-refractivity contribution is 5.66. The molecule has 4 heteroatoms. The van der Waals surface area contributed by atoms with Crippen LogP contribution in [0.4, 0.5) is 4.79 Å². The van der Waals surface area contributed by atoms with Crippen molar-refractivity contribution in [2.24, 2.45) is 0 Å². The van der Waals surface area contributed by atoms with Gasteiger partial charge in [0.05, 0.1) is 13.7 Å². The number of amides is 1. The molecule has 0 bridgehead atoms. The fraction of sp³-hybridized carbons (Fsp3) is 0.444. The molecule has 0 aromatic rings. The topological polar surface area (TPSA) is 58.6 Å². The Labute approximate surface area is 77.9 Å². The number of hydrogen-bond donors (Lipinski definition) is 2. The monoisotopic (exact) mass is 185 g/mol. The van der Waals surface area contributed by atoms with E-state index in [0.29, 0.717) is 13.0 Å². The highest BCUT2D eigenvalue weighted by Gasteiger charge is 1.96. The Hall–Kier alpha value is -1.29. The van der Waals surface area contributed by atoms with E-state index < -0.39 is 6.09 Å². The molecule has 0 saturated heterocycles. The van der Waals surface area contributed by atoms with Crippen LogP contribution in [0, 0.1) is 0 Å². The zero-order valence-electron chi connectivity index (χ0n) is 7.75. The lowest BCUT2D eigenvalue weighted by molar-refractivity contribution is 0.171. The van der Waals surface area contributed by atoms with Gasteiger partial charge in [-0.1, -0.05) is 24.3 Å². The maximum atomic E-state index is 10.6. The minimum absolute atomic E-state index is 0.00342. The molecule has 0 aliphatic carbocycles. The number of methoxy groups -OCH3 is 1. The van der Waals surface area contributed by atoms with Gasteiger partial charge in [-0.3, -0.25) is 0 Å². The highest BCUT2D eigenvalue weighted by atomic mass is 16.5. The molecule has 0 radical (unpaired) electrons. The summed E-state index contributed by atoms with van der Waals surface area (Å²) in [5.41, 5.74) is 0.852. The Bertz CT molecular complexity index is 199. The van der Waals surface area contributed by atoms with E-state index in [1.54, 1.807) is 12.2 Å². The van der Waals surface area contributed by atoms with Crippen LogP contribution in [0.5, 0.6) is 0 Å². The van der Waals surface area contributed by atoms with Gasteiger partial charge in [0.15, 0.2) is 0 Å². The highest BCUT2D eigenvalue weighted by Crippen LogP contribution is 1.97. The van der Waals surface area contributed by atoms with E-state index in [-0.39, 0.29) is 6.61 Å². The van der Waals surface area contributed by atoms with Crippen molar-refractivity contribution < 1.29 is 14.6 Å². The molecule has 1 amide bonds. The maximum absolute atomic E-state index is 10.6. The quantitative estimate of drug-likeness (QED) is 0.624. The van der Waals surface area contributed by atoms with Gasteiger partial charge in [0.1, 0.15) is 0 Å². The van der Waals surface area contributed by atoms with Crippen molar-refractivity contribution in [3.05, 3.63) is 24.3 Å². The number of aliphatic hydroxyl groups excluding tert-OH is 1. The van der Waals surface area contributed by atoms with E-state index in [1.807, 2.05) is 0 Å². The van der Waals surface area contributed by atoms with Crippen LogP contribution in [0.3, 0.4) is 0 Å².